The van der Waals surface area contributed by atoms with Crippen molar-refractivity contribution in [3.8, 4) is 0 Å². The molecule has 2 fully saturated rings. The number of ether oxygens (including phenoxy) is 1. The van der Waals surface area contributed by atoms with Gasteiger partial charge >= 0.3 is 0 Å². The fraction of sp³-hybridized carbons (Fsp3) is 0.462. The van der Waals surface area contributed by atoms with Crippen molar-refractivity contribution in [2.24, 2.45) is 0 Å². The van der Waals surface area contributed by atoms with Gasteiger partial charge in [-0.25, -0.2) is 0 Å². The van der Waals surface area contributed by atoms with E-state index in [1.165, 1.54) is 24.0 Å². The quantitative estimate of drug-likeness (QED) is 0.778. The Balaban J connectivity index is 1.60. The Hall–Kier alpha value is -1.35. The zero-order valence-electron chi connectivity index (χ0n) is 9.11. The Morgan fingerprint density at radius 3 is 2.94 bits per heavy atom. The standard InChI is InChI=1S/C13H15NO2/c15-13(12-8-16-12)14-7-9-2-1-3-11(6-9)10-4-5-10/h1-3,6,10,12H,4-5,7-8H2,(H,14,15). The van der Waals surface area contributed by atoms with Gasteiger partial charge in [-0.2, -0.15) is 0 Å². The largest absolute Gasteiger partial charge is 0.363 e. The maximum Gasteiger partial charge on any atom is 0.251 e. The molecule has 0 bridgehead atoms. The molecule has 0 aromatic heterocycles. The molecule has 3 rings (SSSR count). The maximum atomic E-state index is 11.4. The maximum absolute atomic E-state index is 11.4. The Bertz CT molecular complexity index is 408. The van der Waals surface area contributed by atoms with E-state index in [1.54, 1.807) is 0 Å². The van der Waals surface area contributed by atoms with Gasteiger partial charge in [-0.3, -0.25) is 4.79 Å². The van der Waals surface area contributed by atoms with E-state index in [9.17, 15) is 4.79 Å². The molecule has 1 aliphatic carbocycles. The molecule has 1 aliphatic heterocycles. The van der Waals surface area contributed by atoms with Gasteiger partial charge in [-0.1, -0.05) is 24.3 Å². The SMILES string of the molecule is O=C(NCc1cccc(C2CC2)c1)C1CO1. The normalized spacial score (nSPS) is 22.9. The predicted octanol–water partition coefficient (Wildman–Crippen LogP) is 1.58. The van der Waals surface area contributed by atoms with E-state index in [-0.39, 0.29) is 12.0 Å². The first-order valence-electron chi connectivity index (χ1n) is 5.81. The summed E-state index contributed by atoms with van der Waals surface area (Å²) in [7, 11) is 0. The van der Waals surface area contributed by atoms with Gasteiger partial charge in [-0.15, -0.1) is 0 Å². The third kappa shape index (κ3) is 2.25. The number of hydrogen-bond acceptors (Lipinski definition) is 2. The number of benzene rings is 1. The van der Waals surface area contributed by atoms with Crippen molar-refractivity contribution in [3.63, 3.8) is 0 Å². The summed E-state index contributed by atoms with van der Waals surface area (Å²) in [6, 6.07) is 8.50. The highest BCUT2D eigenvalue weighted by Crippen LogP contribution is 2.40. The molecule has 1 saturated carbocycles. The number of carbonyl (C=O) groups is 1. The number of rotatable bonds is 4. The average molecular weight is 217 g/mol. The van der Waals surface area contributed by atoms with Gasteiger partial charge in [0.2, 0.25) is 0 Å². The van der Waals surface area contributed by atoms with Gasteiger partial charge < -0.3 is 10.1 Å². The van der Waals surface area contributed by atoms with Crippen LogP contribution in [0.4, 0.5) is 0 Å². The van der Waals surface area contributed by atoms with Gasteiger partial charge in [0.1, 0.15) is 0 Å². The molecule has 2 aliphatic rings. The smallest absolute Gasteiger partial charge is 0.251 e. The van der Waals surface area contributed by atoms with Crippen LogP contribution in [0.3, 0.4) is 0 Å². The molecule has 1 atom stereocenters. The lowest BCUT2D eigenvalue weighted by Gasteiger charge is -2.05. The zero-order valence-corrected chi connectivity index (χ0v) is 9.11. The lowest BCUT2D eigenvalue weighted by atomic mass is 10.1. The predicted molar refractivity (Wildman–Crippen MR) is 60.0 cm³/mol. The Morgan fingerprint density at radius 1 is 1.44 bits per heavy atom. The summed E-state index contributed by atoms with van der Waals surface area (Å²) >= 11 is 0. The highest BCUT2D eigenvalue weighted by Gasteiger charge is 2.30. The number of epoxide rings is 1. The lowest BCUT2D eigenvalue weighted by Crippen LogP contribution is -2.27. The van der Waals surface area contributed by atoms with Gasteiger partial charge in [0, 0.05) is 6.54 Å². The van der Waals surface area contributed by atoms with Crippen molar-refractivity contribution >= 4 is 5.91 Å². The van der Waals surface area contributed by atoms with E-state index in [0.717, 1.165) is 5.92 Å². The van der Waals surface area contributed by atoms with Gasteiger partial charge in [0.05, 0.1) is 6.61 Å². The van der Waals surface area contributed by atoms with Crippen molar-refractivity contribution in [2.45, 2.75) is 31.4 Å². The molecule has 3 heteroatoms. The van der Waals surface area contributed by atoms with Crippen LogP contribution in [0.15, 0.2) is 24.3 Å². The van der Waals surface area contributed by atoms with Crippen LogP contribution in [0.2, 0.25) is 0 Å². The van der Waals surface area contributed by atoms with E-state index >= 15 is 0 Å². The average Bonchev–Trinajstić information content (AvgIpc) is 3.20. The van der Waals surface area contributed by atoms with Crippen LogP contribution in [0.25, 0.3) is 0 Å². The summed E-state index contributed by atoms with van der Waals surface area (Å²) in [6.07, 6.45) is 2.43. The molecule has 1 aromatic rings. The van der Waals surface area contributed by atoms with Gasteiger partial charge in [0.15, 0.2) is 6.10 Å². The minimum absolute atomic E-state index is 0.0109. The second-order valence-corrected chi connectivity index (χ2v) is 4.56. The van der Waals surface area contributed by atoms with Gasteiger partial charge in [-0.05, 0) is 29.9 Å². The van der Waals surface area contributed by atoms with E-state index in [0.29, 0.717) is 13.2 Å². The molecule has 84 valence electrons. The lowest BCUT2D eigenvalue weighted by molar-refractivity contribution is -0.122. The van der Waals surface area contributed by atoms with Crippen LogP contribution in [0.1, 0.15) is 29.9 Å². The first-order valence-corrected chi connectivity index (χ1v) is 5.81. The Morgan fingerprint density at radius 2 is 2.25 bits per heavy atom. The minimum atomic E-state index is -0.188. The molecule has 0 spiro atoms. The number of carbonyl (C=O) groups excluding carboxylic acids is 1. The highest BCUT2D eigenvalue weighted by molar-refractivity contribution is 5.82. The van der Waals surface area contributed by atoms with E-state index < -0.39 is 0 Å². The van der Waals surface area contributed by atoms with E-state index in [4.69, 9.17) is 4.74 Å². The summed E-state index contributed by atoms with van der Waals surface area (Å²) in [5.74, 6) is 0.777. The molecule has 1 saturated heterocycles. The van der Waals surface area contributed by atoms with Crippen molar-refractivity contribution < 1.29 is 9.53 Å². The minimum Gasteiger partial charge on any atom is -0.363 e. The molecular weight excluding hydrogens is 202 g/mol. The van der Waals surface area contributed by atoms with E-state index in [1.807, 2.05) is 0 Å². The van der Waals surface area contributed by atoms with Crippen LogP contribution in [0.5, 0.6) is 0 Å². The number of hydrogen-bond donors (Lipinski definition) is 1. The molecule has 0 radical (unpaired) electrons. The first kappa shape index (κ1) is 9.85. The molecule has 1 amide bonds. The summed E-state index contributed by atoms with van der Waals surface area (Å²) in [5, 5.41) is 2.88. The fourth-order valence-corrected chi connectivity index (χ4v) is 1.88. The monoisotopic (exact) mass is 217 g/mol. The Kier molecular flexibility index (Phi) is 2.40. The molecule has 1 heterocycles. The van der Waals surface area contributed by atoms with Crippen LogP contribution < -0.4 is 5.32 Å². The number of amides is 1. The number of nitrogens with one attached hydrogen (secondary N) is 1. The van der Waals surface area contributed by atoms with E-state index in [2.05, 4.69) is 29.6 Å². The second kappa shape index (κ2) is 3.91. The Labute approximate surface area is 94.8 Å². The van der Waals surface area contributed by atoms with Crippen LogP contribution in [0, 0.1) is 0 Å². The molecule has 3 nitrogen and oxygen atoms in total. The molecule has 16 heavy (non-hydrogen) atoms. The topological polar surface area (TPSA) is 41.6 Å². The second-order valence-electron chi connectivity index (χ2n) is 4.56. The van der Waals surface area contributed by atoms with Crippen LogP contribution >= 0.6 is 0 Å². The van der Waals surface area contributed by atoms with Crippen LogP contribution in [-0.4, -0.2) is 18.6 Å². The molecule has 1 unspecified atom stereocenters. The van der Waals surface area contributed by atoms with Gasteiger partial charge in [0.25, 0.3) is 5.91 Å². The first-order chi connectivity index (χ1) is 7.83. The van der Waals surface area contributed by atoms with Crippen molar-refractivity contribution in [3.05, 3.63) is 35.4 Å². The molecule has 1 N–H and O–H groups in total. The third-order valence-corrected chi connectivity index (χ3v) is 3.09. The fourth-order valence-electron chi connectivity index (χ4n) is 1.88. The third-order valence-electron chi connectivity index (χ3n) is 3.09. The summed E-state index contributed by atoms with van der Waals surface area (Å²) in [5.41, 5.74) is 2.59. The summed E-state index contributed by atoms with van der Waals surface area (Å²) < 4.78 is 4.92. The molecule has 1 aromatic carbocycles. The highest BCUT2D eigenvalue weighted by atomic mass is 16.6. The van der Waals surface area contributed by atoms with Crippen molar-refractivity contribution in [1.29, 1.82) is 0 Å². The van der Waals surface area contributed by atoms with Crippen molar-refractivity contribution in [1.82, 2.24) is 5.32 Å². The van der Waals surface area contributed by atoms with Crippen LogP contribution in [-0.2, 0) is 16.1 Å². The zero-order chi connectivity index (χ0) is 11.0. The summed E-state index contributed by atoms with van der Waals surface area (Å²) in [6.45, 7) is 1.19. The summed E-state index contributed by atoms with van der Waals surface area (Å²) in [4.78, 5) is 11.4. The molecular formula is C13H15NO2. The van der Waals surface area contributed by atoms with Crippen molar-refractivity contribution in [2.75, 3.05) is 6.61 Å².